The smallest absolute Gasteiger partial charge is 0.370 e. The number of nitrogens with zero attached hydrogens (tertiary/aromatic N) is 4. The zero-order valence-electron chi connectivity index (χ0n) is 15.4. The average molecular weight is 394 g/mol. The van der Waals surface area contributed by atoms with Gasteiger partial charge in [0.2, 0.25) is 5.82 Å². The van der Waals surface area contributed by atoms with Gasteiger partial charge in [0.1, 0.15) is 11.4 Å². The van der Waals surface area contributed by atoms with E-state index in [9.17, 15) is 22.8 Å². The van der Waals surface area contributed by atoms with Crippen molar-refractivity contribution >= 4 is 11.4 Å². The molecular weight excluding hydrogens is 377 g/mol. The van der Waals surface area contributed by atoms with Crippen molar-refractivity contribution in [2.24, 2.45) is 0 Å². The van der Waals surface area contributed by atoms with Gasteiger partial charge >= 0.3 is 12.1 Å². The quantitative estimate of drug-likeness (QED) is 0.594. The normalized spacial score (nSPS) is 11.8. The Labute approximate surface area is 157 Å². The number of hydrogen-bond donors (Lipinski definition) is 0. The van der Waals surface area contributed by atoms with Crippen molar-refractivity contribution in [2.75, 3.05) is 30.4 Å². The summed E-state index contributed by atoms with van der Waals surface area (Å²) in [7, 11) is 3.44. The lowest BCUT2D eigenvalue weighted by molar-refractivity contribution is -0.159. The molecule has 1 aromatic heterocycles. The highest BCUT2D eigenvalue weighted by Crippen LogP contribution is 2.29. The number of aromatic nitrogens is 2. The lowest BCUT2D eigenvalue weighted by Crippen LogP contribution is -2.44. The standard InChI is InChI=1S/C18H17F3N4O3/c1-4-24(2)12-13(15(27)14(12)26)25(3)9-10-5-7-11(8-6-10)16-22-17(28-23-16)18(19,20)21/h5-8H,4,9H2,1-3H3. The van der Waals surface area contributed by atoms with Gasteiger partial charge in [-0.3, -0.25) is 9.59 Å². The minimum Gasteiger partial charge on any atom is -0.370 e. The van der Waals surface area contributed by atoms with Crippen LogP contribution in [0.15, 0.2) is 38.4 Å². The van der Waals surface area contributed by atoms with Crippen LogP contribution in [-0.2, 0) is 12.7 Å². The first-order chi connectivity index (χ1) is 13.1. The van der Waals surface area contributed by atoms with Gasteiger partial charge in [-0.2, -0.15) is 18.2 Å². The number of alkyl halides is 3. The van der Waals surface area contributed by atoms with Crippen molar-refractivity contribution in [1.82, 2.24) is 10.1 Å². The van der Waals surface area contributed by atoms with Gasteiger partial charge < -0.3 is 14.3 Å². The first-order valence-electron chi connectivity index (χ1n) is 8.39. The van der Waals surface area contributed by atoms with Gasteiger partial charge in [0.25, 0.3) is 10.9 Å². The summed E-state index contributed by atoms with van der Waals surface area (Å²) in [5.74, 6) is -1.57. The maximum Gasteiger partial charge on any atom is 0.471 e. The molecule has 0 spiro atoms. The summed E-state index contributed by atoms with van der Waals surface area (Å²) in [4.78, 5) is 30.5. The van der Waals surface area contributed by atoms with Gasteiger partial charge in [0.05, 0.1) is 0 Å². The third-order valence-electron chi connectivity index (χ3n) is 4.40. The Hall–Kier alpha value is -3.17. The predicted octanol–water partition coefficient (Wildman–Crippen LogP) is 2.44. The summed E-state index contributed by atoms with van der Waals surface area (Å²) in [5.41, 5.74) is 0.875. The first kappa shape index (κ1) is 19.6. The van der Waals surface area contributed by atoms with Gasteiger partial charge in [-0.1, -0.05) is 29.4 Å². The van der Waals surface area contributed by atoms with E-state index in [4.69, 9.17) is 0 Å². The van der Waals surface area contributed by atoms with E-state index >= 15 is 0 Å². The SMILES string of the molecule is CCN(C)c1c(N(C)Cc2ccc(-c3noc(C(F)(F)F)n3)cc2)c(=O)c1=O. The second kappa shape index (κ2) is 7.10. The second-order valence-corrected chi connectivity index (χ2v) is 6.34. The van der Waals surface area contributed by atoms with Crippen LogP contribution in [0.25, 0.3) is 11.4 Å². The Morgan fingerprint density at radius 2 is 1.57 bits per heavy atom. The fourth-order valence-corrected chi connectivity index (χ4v) is 2.80. The molecule has 0 amide bonds. The van der Waals surface area contributed by atoms with E-state index in [1.807, 2.05) is 6.92 Å². The van der Waals surface area contributed by atoms with Crippen molar-refractivity contribution < 1.29 is 17.7 Å². The lowest BCUT2D eigenvalue weighted by atomic mass is 10.1. The molecule has 0 atom stereocenters. The molecule has 0 saturated heterocycles. The molecule has 3 aromatic rings. The molecule has 0 aliphatic heterocycles. The van der Waals surface area contributed by atoms with Crippen LogP contribution in [0, 0.1) is 0 Å². The molecular formula is C18H17F3N4O3. The molecule has 28 heavy (non-hydrogen) atoms. The molecule has 148 valence electrons. The average Bonchev–Trinajstić information content (AvgIpc) is 3.15. The lowest BCUT2D eigenvalue weighted by Gasteiger charge is -2.27. The Morgan fingerprint density at radius 3 is 2.07 bits per heavy atom. The molecule has 0 N–H and O–H groups in total. The van der Waals surface area contributed by atoms with Crippen LogP contribution < -0.4 is 20.7 Å². The van der Waals surface area contributed by atoms with Crippen molar-refractivity contribution in [1.29, 1.82) is 0 Å². The van der Waals surface area contributed by atoms with E-state index in [1.165, 1.54) is 0 Å². The molecule has 0 saturated carbocycles. The molecule has 0 fully saturated rings. The van der Waals surface area contributed by atoms with Gasteiger partial charge in [-0.05, 0) is 12.5 Å². The minimum atomic E-state index is -4.70. The number of hydrogen-bond acceptors (Lipinski definition) is 7. The molecule has 0 aliphatic rings. The number of halogens is 3. The van der Waals surface area contributed by atoms with E-state index < -0.39 is 22.9 Å². The van der Waals surface area contributed by atoms with Gasteiger partial charge in [0.15, 0.2) is 0 Å². The van der Waals surface area contributed by atoms with E-state index in [1.54, 1.807) is 48.2 Å². The summed E-state index contributed by atoms with van der Waals surface area (Å²) >= 11 is 0. The summed E-state index contributed by atoms with van der Waals surface area (Å²) in [6, 6.07) is 6.50. The third-order valence-corrected chi connectivity index (χ3v) is 4.40. The zero-order valence-corrected chi connectivity index (χ0v) is 15.4. The molecule has 0 radical (unpaired) electrons. The number of benzene rings is 1. The van der Waals surface area contributed by atoms with E-state index in [-0.39, 0.29) is 5.82 Å². The van der Waals surface area contributed by atoms with Crippen LogP contribution in [0.1, 0.15) is 18.4 Å². The highest BCUT2D eigenvalue weighted by molar-refractivity contribution is 5.76. The molecule has 10 heteroatoms. The predicted molar refractivity (Wildman–Crippen MR) is 97.1 cm³/mol. The first-order valence-corrected chi connectivity index (χ1v) is 8.39. The monoisotopic (exact) mass is 394 g/mol. The largest absolute Gasteiger partial charge is 0.471 e. The van der Waals surface area contributed by atoms with Crippen LogP contribution in [0.4, 0.5) is 24.5 Å². The van der Waals surface area contributed by atoms with Crippen molar-refractivity contribution in [3.05, 3.63) is 56.2 Å². The fraction of sp³-hybridized carbons (Fsp3) is 0.333. The highest BCUT2D eigenvalue weighted by atomic mass is 19.4. The molecule has 0 unspecified atom stereocenters. The topological polar surface area (TPSA) is 79.5 Å². The van der Waals surface area contributed by atoms with E-state index in [2.05, 4.69) is 14.7 Å². The van der Waals surface area contributed by atoms with Crippen molar-refractivity contribution in [3.8, 4) is 11.4 Å². The van der Waals surface area contributed by atoms with Crippen LogP contribution in [0.3, 0.4) is 0 Å². The zero-order chi connectivity index (χ0) is 20.6. The highest BCUT2D eigenvalue weighted by Gasteiger charge is 2.38. The van der Waals surface area contributed by atoms with Crippen LogP contribution in [-0.4, -0.2) is 30.8 Å². The molecule has 1 heterocycles. The van der Waals surface area contributed by atoms with Crippen LogP contribution in [0.5, 0.6) is 0 Å². The molecule has 0 aliphatic carbocycles. The summed E-state index contributed by atoms with van der Waals surface area (Å²) < 4.78 is 41.9. The number of rotatable bonds is 6. The third kappa shape index (κ3) is 3.49. The van der Waals surface area contributed by atoms with Gasteiger partial charge in [-0.25, -0.2) is 0 Å². The Morgan fingerprint density at radius 1 is 1.00 bits per heavy atom. The molecule has 3 rings (SSSR count). The summed E-state index contributed by atoms with van der Waals surface area (Å²) in [6.45, 7) is 2.81. The molecule has 2 aromatic carbocycles. The molecule has 7 nitrogen and oxygen atoms in total. The van der Waals surface area contributed by atoms with Crippen molar-refractivity contribution in [3.63, 3.8) is 0 Å². The Kier molecular flexibility index (Phi) is 4.97. The fourth-order valence-electron chi connectivity index (χ4n) is 2.80. The van der Waals surface area contributed by atoms with E-state index in [0.717, 1.165) is 5.56 Å². The molecule has 0 bridgehead atoms. The second-order valence-electron chi connectivity index (χ2n) is 6.34. The number of anilines is 2. The minimum absolute atomic E-state index is 0.165. The van der Waals surface area contributed by atoms with Crippen LogP contribution >= 0.6 is 0 Å². The Bertz CT molecular complexity index is 1050. The van der Waals surface area contributed by atoms with Crippen molar-refractivity contribution in [2.45, 2.75) is 19.6 Å². The maximum atomic E-state index is 12.6. The van der Waals surface area contributed by atoms with Crippen LogP contribution in [0.2, 0.25) is 0 Å². The maximum absolute atomic E-state index is 12.6. The summed E-state index contributed by atoms with van der Waals surface area (Å²) in [5, 5.41) is 3.34. The summed E-state index contributed by atoms with van der Waals surface area (Å²) in [6.07, 6.45) is -4.70. The Balaban J connectivity index is 1.77. The van der Waals surface area contributed by atoms with Gasteiger partial charge in [0, 0.05) is 32.7 Å². The van der Waals surface area contributed by atoms with E-state index in [0.29, 0.717) is 30.0 Å². The van der Waals surface area contributed by atoms with Gasteiger partial charge in [-0.15, -0.1) is 0 Å².